The number of imidazole rings is 1. The highest BCUT2D eigenvalue weighted by Crippen LogP contribution is 2.66. The first-order valence-corrected chi connectivity index (χ1v) is 16.2. The number of hydrogen-bond donors (Lipinski definition) is 0. The summed E-state index contributed by atoms with van der Waals surface area (Å²) in [5.41, 5.74) is 1.76. The number of fused-ring (bicyclic) bond motifs is 5. The van der Waals surface area contributed by atoms with E-state index < -0.39 is 8.32 Å². The lowest BCUT2D eigenvalue weighted by Crippen LogP contribution is -2.52. The summed E-state index contributed by atoms with van der Waals surface area (Å²) in [6.07, 6.45) is 16.4. The molecule has 5 rings (SSSR count). The number of rotatable bonds is 3. The Morgan fingerprint density at radius 1 is 1.12 bits per heavy atom. The van der Waals surface area contributed by atoms with Gasteiger partial charge < -0.3 is 8.99 Å². The minimum absolute atomic E-state index is 0.166. The van der Waals surface area contributed by atoms with Crippen molar-refractivity contribution in [2.24, 2.45) is 28.6 Å². The van der Waals surface area contributed by atoms with Crippen LogP contribution < -0.4 is 0 Å². The van der Waals surface area contributed by atoms with E-state index in [-0.39, 0.29) is 21.9 Å². The van der Waals surface area contributed by atoms with Crippen molar-refractivity contribution in [3.63, 3.8) is 0 Å². The number of hydrogen-bond acceptors (Lipinski definition) is 3. The summed E-state index contributed by atoms with van der Waals surface area (Å²) in [7, 11) is -1.76. The van der Waals surface area contributed by atoms with Crippen LogP contribution in [0.15, 0.2) is 30.4 Å². The van der Waals surface area contributed by atoms with Crippen molar-refractivity contribution < 1.29 is 9.22 Å². The Bertz CT molecular complexity index is 946. The largest absolute Gasteiger partial charge is 0.414 e. The molecule has 0 saturated heterocycles. The highest BCUT2D eigenvalue weighted by atomic mass is 28.4. The minimum Gasteiger partial charge on any atom is -0.414 e. The average Bonchev–Trinajstić information content (AvgIpc) is 3.34. The normalized spacial score (nSPS) is 41.2. The molecule has 0 unspecified atom stereocenters. The molecule has 0 radical (unpaired) electrons. The summed E-state index contributed by atoms with van der Waals surface area (Å²) in [6.45, 7) is 16.6. The molecule has 1 aromatic rings. The Morgan fingerprint density at radius 2 is 1.85 bits per heavy atom. The SMILES string of the molecule is CC(C)(C)[Si](C)(C)O[C@H]1CC[C@@]2(C)C(=CC[C@H]3[C@@H]4[C@H](n5ccnc5)CC(=O)[C@@]4(C)CC[C@@H]32)C1. The van der Waals surface area contributed by atoms with Crippen LogP contribution in [0.25, 0.3) is 0 Å². The molecule has 5 heteroatoms. The van der Waals surface area contributed by atoms with Crippen LogP contribution in [0.5, 0.6) is 0 Å². The first-order valence-electron chi connectivity index (χ1n) is 13.2. The summed E-state index contributed by atoms with van der Waals surface area (Å²) in [4.78, 5) is 17.6. The van der Waals surface area contributed by atoms with Crippen LogP contribution in [-0.2, 0) is 9.22 Å². The molecule has 4 nitrogen and oxygen atoms in total. The number of allylic oxidation sites excluding steroid dienone is 1. The summed E-state index contributed by atoms with van der Waals surface area (Å²) in [5.74, 6) is 2.18. The lowest BCUT2D eigenvalue weighted by molar-refractivity contribution is -0.132. The number of carbonyl (C=O) groups excluding carboxylic acids is 1. The molecule has 0 aromatic carbocycles. The third-order valence-electron chi connectivity index (χ3n) is 10.9. The van der Waals surface area contributed by atoms with E-state index in [2.05, 4.69) is 69.5 Å². The second-order valence-corrected chi connectivity index (χ2v) is 18.3. The molecule has 0 N–H and O–H groups in total. The van der Waals surface area contributed by atoms with Gasteiger partial charge >= 0.3 is 0 Å². The molecule has 7 atom stereocenters. The van der Waals surface area contributed by atoms with Crippen molar-refractivity contribution in [2.45, 2.75) is 110 Å². The number of ketones is 1. The number of aromatic nitrogens is 2. The van der Waals surface area contributed by atoms with Gasteiger partial charge in [0.1, 0.15) is 5.78 Å². The number of nitrogens with zero attached hydrogens (tertiary/aromatic N) is 2. The Balaban J connectivity index is 1.42. The van der Waals surface area contributed by atoms with Gasteiger partial charge in [-0.1, -0.05) is 46.3 Å². The van der Waals surface area contributed by atoms with Gasteiger partial charge in [0.2, 0.25) is 0 Å². The molecule has 0 bridgehead atoms. The smallest absolute Gasteiger partial charge is 0.192 e. The van der Waals surface area contributed by atoms with Gasteiger partial charge in [0, 0.05) is 36.4 Å². The predicted molar refractivity (Wildman–Crippen MR) is 135 cm³/mol. The highest BCUT2D eigenvalue weighted by Gasteiger charge is 2.62. The molecule has 4 aliphatic rings. The monoisotopic (exact) mass is 468 g/mol. The molecule has 182 valence electrons. The van der Waals surface area contributed by atoms with Crippen molar-refractivity contribution in [3.8, 4) is 0 Å². The molecular formula is C28H44N2O2Si. The fraction of sp³-hybridized carbons (Fsp3) is 0.786. The Labute approximate surface area is 201 Å². The van der Waals surface area contributed by atoms with Gasteiger partial charge in [-0.05, 0) is 79.8 Å². The van der Waals surface area contributed by atoms with E-state index in [0.717, 1.165) is 19.3 Å². The molecule has 0 aliphatic heterocycles. The average molecular weight is 469 g/mol. The zero-order valence-electron chi connectivity index (χ0n) is 21.9. The first-order chi connectivity index (χ1) is 15.4. The maximum atomic E-state index is 13.3. The highest BCUT2D eigenvalue weighted by molar-refractivity contribution is 6.74. The maximum absolute atomic E-state index is 13.3. The quantitative estimate of drug-likeness (QED) is 0.356. The van der Waals surface area contributed by atoms with Crippen LogP contribution in [0.2, 0.25) is 18.1 Å². The second-order valence-electron chi connectivity index (χ2n) is 13.6. The van der Waals surface area contributed by atoms with Crippen molar-refractivity contribution in [3.05, 3.63) is 30.4 Å². The zero-order valence-corrected chi connectivity index (χ0v) is 22.9. The van der Waals surface area contributed by atoms with Crippen molar-refractivity contribution in [1.29, 1.82) is 0 Å². The predicted octanol–water partition coefficient (Wildman–Crippen LogP) is 6.96. The molecule has 1 heterocycles. The molecular weight excluding hydrogens is 424 g/mol. The Kier molecular flexibility index (Phi) is 5.45. The summed E-state index contributed by atoms with van der Waals surface area (Å²) in [6, 6.07) is 0.273. The van der Waals surface area contributed by atoms with Gasteiger partial charge in [0.05, 0.1) is 6.33 Å². The number of Topliss-reactive ketones (excluding diaryl/α,β-unsaturated/α-hetero) is 1. The van der Waals surface area contributed by atoms with Gasteiger partial charge in [0.15, 0.2) is 8.32 Å². The zero-order chi connectivity index (χ0) is 23.8. The fourth-order valence-electron chi connectivity index (χ4n) is 7.92. The third-order valence-corrected chi connectivity index (χ3v) is 15.5. The van der Waals surface area contributed by atoms with Gasteiger partial charge in [-0.15, -0.1) is 0 Å². The molecule has 0 spiro atoms. The van der Waals surface area contributed by atoms with Gasteiger partial charge in [0.25, 0.3) is 0 Å². The van der Waals surface area contributed by atoms with E-state index in [1.807, 2.05) is 12.5 Å². The van der Waals surface area contributed by atoms with E-state index in [1.165, 1.54) is 19.3 Å². The standard InChI is InChI=1S/C28H44N2O2Si/c1-26(2,3)33(6,7)32-20-10-12-27(4)19(16-20)8-9-21-22(27)11-13-28(5)24(31)17-23(25(21)28)30-15-14-29-18-30/h8,14-15,18,20-23,25H,9-13,16-17H2,1-7H3/t20-,21+,22-,23+,25+,27-,28+/m0/s1. The summed E-state index contributed by atoms with van der Waals surface area (Å²) < 4.78 is 9.12. The fourth-order valence-corrected chi connectivity index (χ4v) is 9.30. The van der Waals surface area contributed by atoms with E-state index in [1.54, 1.807) is 5.57 Å². The molecule has 1 aromatic heterocycles. The van der Waals surface area contributed by atoms with Gasteiger partial charge in [-0.25, -0.2) is 4.98 Å². The molecule has 0 amide bonds. The van der Waals surface area contributed by atoms with Crippen LogP contribution in [0.4, 0.5) is 0 Å². The van der Waals surface area contributed by atoms with Crippen LogP contribution in [0.1, 0.15) is 85.6 Å². The van der Waals surface area contributed by atoms with E-state index in [0.29, 0.717) is 36.1 Å². The van der Waals surface area contributed by atoms with Crippen LogP contribution in [0, 0.1) is 28.6 Å². The van der Waals surface area contributed by atoms with E-state index >= 15 is 0 Å². The number of carbonyl (C=O) groups is 1. The second kappa shape index (κ2) is 7.65. The lowest BCUT2D eigenvalue weighted by atomic mass is 9.47. The van der Waals surface area contributed by atoms with Crippen LogP contribution >= 0.6 is 0 Å². The molecule has 4 aliphatic carbocycles. The first kappa shape index (κ1) is 23.5. The lowest BCUT2D eigenvalue weighted by Gasteiger charge is -2.58. The minimum atomic E-state index is -1.76. The van der Waals surface area contributed by atoms with Crippen LogP contribution in [0.3, 0.4) is 0 Å². The van der Waals surface area contributed by atoms with Crippen molar-refractivity contribution >= 4 is 14.1 Å². The van der Waals surface area contributed by atoms with E-state index in [4.69, 9.17) is 4.43 Å². The molecule has 33 heavy (non-hydrogen) atoms. The van der Waals surface area contributed by atoms with E-state index in [9.17, 15) is 4.79 Å². The summed E-state index contributed by atoms with van der Waals surface area (Å²) in [5, 5.41) is 0.255. The topological polar surface area (TPSA) is 44.1 Å². The van der Waals surface area contributed by atoms with Gasteiger partial charge in [-0.2, -0.15) is 0 Å². The van der Waals surface area contributed by atoms with Crippen molar-refractivity contribution in [1.82, 2.24) is 9.55 Å². The van der Waals surface area contributed by atoms with Gasteiger partial charge in [-0.3, -0.25) is 4.79 Å². The molecule has 3 saturated carbocycles. The summed E-state index contributed by atoms with van der Waals surface area (Å²) >= 11 is 0. The van der Waals surface area contributed by atoms with Crippen LogP contribution in [-0.4, -0.2) is 29.8 Å². The Hall–Kier alpha value is -1.20. The molecule has 3 fully saturated rings. The Morgan fingerprint density at radius 3 is 2.52 bits per heavy atom. The third kappa shape index (κ3) is 3.55. The van der Waals surface area contributed by atoms with Crippen molar-refractivity contribution in [2.75, 3.05) is 0 Å². The maximum Gasteiger partial charge on any atom is 0.192 e.